The third kappa shape index (κ3) is 2.53. The predicted octanol–water partition coefficient (Wildman–Crippen LogP) is 2.50. The zero-order valence-corrected chi connectivity index (χ0v) is 9.76. The van der Waals surface area contributed by atoms with E-state index in [0.717, 1.165) is 6.07 Å². The van der Waals surface area contributed by atoms with Gasteiger partial charge in [0, 0.05) is 5.56 Å². The van der Waals surface area contributed by atoms with Crippen LogP contribution >= 0.6 is 15.9 Å². The van der Waals surface area contributed by atoms with Crippen LogP contribution in [0.4, 0.5) is 8.78 Å². The van der Waals surface area contributed by atoms with Crippen molar-refractivity contribution in [3.63, 3.8) is 0 Å². The van der Waals surface area contributed by atoms with Crippen LogP contribution in [-0.2, 0) is 0 Å². The minimum Gasteiger partial charge on any atom is -0.391 e. The van der Waals surface area contributed by atoms with Crippen LogP contribution in [0.1, 0.15) is 24.9 Å². The molecule has 84 valence electrons. The molecule has 3 N–H and O–H groups in total. The van der Waals surface area contributed by atoms with E-state index in [1.54, 1.807) is 6.92 Å². The van der Waals surface area contributed by atoms with Gasteiger partial charge in [-0.25, -0.2) is 8.78 Å². The molecule has 2 atom stereocenters. The summed E-state index contributed by atoms with van der Waals surface area (Å²) >= 11 is 2.94. The molecule has 0 amide bonds. The highest BCUT2D eigenvalue weighted by Gasteiger charge is 2.23. The lowest BCUT2D eigenvalue weighted by atomic mass is 9.99. The van der Waals surface area contributed by atoms with Crippen LogP contribution in [0.2, 0.25) is 0 Å². The highest BCUT2D eigenvalue weighted by Crippen LogP contribution is 2.27. The number of aliphatic hydroxyl groups excluding tert-OH is 1. The van der Waals surface area contributed by atoms with Gasteiger partial charge < -0.3 is 10.8 Å². The number of benzene rings is 1. The van der Waals surface area contributed by atoms with Gasteiger partial charge in [-0.2, -0.15) is 0 Å². The summed E-state index contributed by atoms with van der Waals surface area (Å²) in [6.07, 6.45) is -0.615. The lowest BCUT2D eigenvalue weighted by molar-refractivity contribution is 0.137. The molecule has 0 saturated carbocycles. The Balaban J connectivity index is 3.18. The average Bonchev–Trinajstić information content (AvgIpc) is 2.22. The van der Waals surface area contributed by atoms with E-state index in [-0.39, 0.29) is 10.0 Å². The molecule has 1 aromatic carbocycles. The summed E-state index contributed by atoms with van der Waals surface area (Å²) in [6, 6.07) is 1.33. The maximum Gasteiger partial charge on any atom is 0.145 e. The van der Waals surface area contributed by atoms with E-state index in [2.05, 4.69) is 15.9 Å². The van der Waals surface area contributed by atoms with E-state index in [1.165, 1.54) is 6.07 Å². The molecule has 0 aliphatic rings. The SMILES string of the molecule is CC[C@@H](O)[C@@H](N)c1c(F)ccc(Br)c1F. The van der Waals surface area contributed by atoms with Crippen LogP contribution in [0.25, 0.3) is 0 Å². The van der Waals surface area contributed by atoms with Crippen molar-refractivity contribution in [2.45, 2.75) is 25.5 Å². The summed E-state index contributed by atoms with van der Waals surface area (Å²) < 4.78 is 27.0. The van der Waals surface area contributed by atoms with Gasteiger partial charge in [-0.3, -0.25) is 0 Å². The summed E-state index contributed by atoms with van der Waals surface area (Å²) in [5, 5.41) is 9.45. The smallest absolute Gasteiger partial charge is 0.145 e. The first-order chi connectivity index (χ1) is 6.99. The first-order valence-electron chi connectivity index (χ1n) is 4.56. The van der Waals surface area contributed by atoms with E-state index >= 15 is 0 Å². The van der Waals surface area contributed by atoms with Crippen molar-refractivity contribution in [2.24, 2.45) is 5.73 Å². The maximum atomic E-state index is 13.5. The molecule has 0 spiro atoms. The van der Waals surface area contributed by atoms with Gasteiger partial charge in [0.25, 0.3) is 0 Å². The van der Waals surface area contributed by atoms with E-state index < -0.39 is 23.8 Å². The third-order valence-electron chi connectivity index (χ3n) is 2.25. The van der Waals surface area contributed by atoms with Crippen LogP contribution in [0, 0.1) is 11.6 Å². The molecule has 2 nitrogen and oxygen atoms in total. The minimum absolute atomic E-state index is 0.137. The van der Waals surface area contributed by atoms with Crippen molar-refractivity contribution in [1.29, 1.82) is 0 Å². The Labute approximate surface area is 95.2 Å². The molecule has 5 heteroatoms. The van der Waals surface area contributed by atoms with Crippen molar-refractivity contribution in [1.82, 2.24) is 0 Å². The van der Waals surface area contributed by atoms with Crippen molar-refractivity contribution in [2.75, 3.05) is 0 Å². The Bertz CT molecular complexity index is 360. The number of aliphatic hydroxyl groups is 1. The summed E-state index contributed by atoms with van der Waals surface area (Å²) in [5.41, 5.74) is 5.29. The second-order valence-electron chi connectivity index (χ2n) is 3.26. The second kappa shape index (κ2) is 5.01. The zero-order valence-electron chi connectivity index (χ0n) is 8.17. The fourth-order valence-corrected chi connectivity index (χ4v) is 1.64. The van der Waals surface area contributed by atoms with Crippen LogP contribution in [0.15, 0.2) is 16.6 Å². The van der Waals surface area contributed by atoms with Gasteiger partial charge >= 0.3 is 0 Å². The highest BCUT2D eigenvalue weighted by atomic mass is 79.9. The molecule has 1 aromatic rings. The Morgan fingerprint density at radius 2 is 2.07 bits per heavy atom. The Morgan fingerprint density at radius 1 is 1.47 bits per heavy atom. The lowest BCUT2D eigenvalue weighted by Gasteiger charge is -2.19. The fraction of sp³-hybridized carbons (Fsp3) is 0.400. The average molecular weight is 280 g/mol. The molecule has 0 fully saturated rings. The largest absolute Gasteiger partial charge is 0.391 e. The molecule has 0 aromatic heterocycles. The van der Waals surface area contributed by atoms with E-state index in [9.17, 15) is 13.9 Å². The fourth-order valence-electron chi connectivity index (χ4n) is 1.29. The Kier molecular flexibility index (Phi) is 4.19. The zero-order chi connectivity index (χ0) is 11.6. The normalized spacial score (nSPS) is 15.1. The topological polar surface area (TPSA) is 46.2 Å². The van der Waals surface area contributed by atoms with Gasteiger partial charge in [0.1, 0.15) is 11.6 Å². The summed E-state index contributed by atoms with van der Waals surface area (Å²) in [7, 11) is 0. The molecule has 0 radical (unpaired) electrons. The van der Waals surface area contributed by atoms with Gasteiger partial charge in [0.2, 0.25) is 0 Å². The van der Waals surface area contributed by atoms with Crippen molar-refractivity contribution >= 4 is 15.9 Å². The molecular formula is C10H12BrF2NO. The second-order valence-corrected chi connectivity index (χ2v) is 4.11. The van der Waals surface area contributed by atoms with Crippen LogP contribution < -0.4 is 5.73 Å². The third-order valence-corrected chi connectivity index (χ3v) is 2.86. The summed E-state index contributed by atoms with van der Waals surface area (Å²) in [4.78, 5) is 0. The molecule has 1 rings (SSSR count). The quantitative estimate of drug-likeness (QED) is 0.836. The van der Waals surface area contributed by atoms with Crippen molar-refractivity contribution in [3.05, 3.63) is 33.8 Å². The Morgan fingerprint density at radius 3 is 2.60 bits per heavy atom. The van der Waals surface area contributed by atoms with Gasteiger partial charge in [-0.1, -0.05) is 6.92 Å². The van der Waals surface area contributed by atoms with E-state index in [1.807, 2.05) is 0 Å². The predicted molar refractivity (Wildman–Crippen MR) is 57.3 cm³/mol. The lowest BCUT2D eigenvalue weighted by Crippen LogP contribution is -2.27. The van der Waals surface area contributed by atoms with Gasteiger partial charge in [-0.15, -0.1) is 0 Å². The Hall–Kier alpha value is -0.520. The van der Waals surface area contributed by atoms with Crippen molar-refractivity contribution < 1.29 is 13.9 Å². The first-order valence-corrected chi connectivity index (χ1v) is 5.35. The van der Waals surface area contributed by atoms with E-state index in [4.69, 9.17) is 5.73 Å². The maximum absolute atomic E-state index is 13.5. The number of hydrogen-bond donors (Lipinski definition) is 2. The summed E-state index contributed by atoms with van der Waals surface area (Å²) in [6.45, 7) is 1.69. The summed E-state index contributed by atoms with van der Waals surface area (Å²) in [5.74, 6) is -1.49. The molecule has 0 bridgehead atoms. The minimum atomic E-state index is -1.05. The van der Waals surface area contributed by atoms with Crippen molar-refractivity contribution in [3.8, 4) is 0 Å². The first kappa shape index (κ1) is 12.5. The molecule has 0 heterocycles. The molecular weight excluding hydrogens is 268 g/mol. The van der Waals surface area contributed by atoms with E-state index in [0.29, 0.717) is 6.42 Å². The number of hydrogen-bond acceptors (Lipinski definition) is 2. The van der Waals surface area contributed by atoms with Crippen LogP contribution in [-0.4, -0.2) is 11.2 Å². The van der Waals surface area contributed by atoms with Gasteiger partial charge in [-0.05, 0) is 34.5 Å². The molecule has 15 heavy (non-hydrogen) atoms. The monoisotopic (exact) mass is 279 g/mol. The standard InChI is InChI=1S/C10H12BrF2NO/c1-2-7(15)10(14)8-6(12)4-3-5(11)9(8)13/h3-4,7,10,15H,2,14H2,1H3/t7-,10-/m1/s1. The number of halogens is 3. The van der Waals surface area contributed by atoms with Gasteiger partial charge in [0.05, 0.1) is 16.6 Å². The van der Waals surface area contributed by atoms with Crippen LogP contribution in [0.5, 0.6) is 0 Å². The molecule has 0 aliphatic carbocycles. The number of nitrogens with two attached hydrogens (primary N) is 1. The molecule has 0 aliphatic heterocycles. The molecule has 0 unspecified atom stereocenters. The molecule has 0 saturated heterocycles. The highest BCUT2D eigenvalue weighted by molar-refractivity contribution is 9.10. The van der Waals surface area contributed by atoms with Crippen LogP contribution in [0.3, 0.4) is 0 Å². The number of rotatable bonds is 3. The van der Waals surface area contributed by atoms with Gasteiger partial charge in [0.15, 0.2) is 0 Å².